The maximum absolute atomic E-state index is 9.44. The van der Waals surface area contributed by atoms with E-state index in [0.29, 0.717) is 5.69 Å². The molecule has 0 aromatic heterocycles. The lowest BCUT2D eigenvalue weighted by atomic mass is 9.88. The van der Waals surface area contributed by atoms with Crippen molar-refractivity contribution in [3.63, 3.8) is 0 Å². The number of nitrogens with two attached hydrogens (primary N) is 1. The van der Waals surface area contributed by atoms with Crippen LogP contribution in [0, 0.1) is 17.8 Å². The molecular weight excluding hydrogens is 236 g/mol. The van der Waals surface area contributed by atoms with E-state index in [2.05, 4.69) is 11.9 Å². The van der Waals surface area contributed by atoms with Gasteiger partial charge in [-0.25, -0.2) is 0 Å². The van der Waals surface area contributed by atoms with E-state index in [1.807, 2.05) is 12.1 Å². The Morgan fingerprint density at radius 2 is 2.16 bits per heavy atom. The van der Waals surface area contributed by atoms with Crippen LogP contribution in [0.15, 0.2) is 18.2 Å². The van der Waals surface area contributed by atoms with Gasteiger partial charge in [-0.3, -0.25) is 0 Å². The molecule has 2 aliphatic carbocycles. The number of nitrogen functional groups attached to an aromatic ring is 1. The molecule has 0 aliphatic heterocycles. The van der Waals surface area contributed by atoms with Crippen molar-refractivity contribution in [2.75, 3.05) is 19.3 Å². The fourth-order valence-corrected chi connectivity index (χ4v) is 4.08. The molecule has 3 rings (SSSR count). The number of nitrogens with zero attached hydrogens (tertiary/aromatic N) is 1. The molecule has 0 amide bonds. The van der Waals surface area contributed by atoms with Crippen molar-refractivity contribution in [1.29, 1.82) is 0 Å². The number of anilines is 1. The fourth-order valence-electron chi connectivity index (χ4n) is 4.08. The minimum Gasteiger partial charge on any atom is -0.506 e. The largest absolute Gasteiger partial charge is 0.506 e. The third-order valence-corrected chi connectivity index (χ3v) is 4.98. The maximum atomic E-state index is 9.44. The average Bonchev–Trinajstić information content (AvgIpc) is 2.96. The SMILES string of the molecule is CN(Cc1ccc(O)c(N)c1)CC1CC2CCC1C2. The highest BCUT2D eigenvalue weighted by Gasteiger charge is 2.39. The molecule has 0 saturated heterocycles. The first-order valence-corrected chi connectivity index (χ1v) is 7.37. The first-order valence-electron chi connectivity index (χ1n) is 7.37. The Morgan fingerprint density at radius 3 is 2.79 bits per heavy atom. The monoisotopic (exact) mass is 260 g/mol. The molecule has 3 atom stereocenters. The summed E-state index contributed by atoms with van der Waals surface area (Å²) in [5, 5.41) is 9.44. The fraction of sp³-hybridized carbons (Fsp3) is 0.625. The first-order chi connectivity index (χ1) is 9.11. The third kappa shape index (κ3) is 2.71. The number of phenolic OH excluding ortho intramolecular Hbond substituents is 1. The lowest BCUT2D eigenvalue weighted by molar-refractivity contribution is 0.214. The lowest BCUT2D eigenvalue weighted by Gasteiger charge is -2.27. The summed E-state index contributed by atoms with van der Waals surface area (Å²) < 4.78 is 0. The van der Waals surface area contributed by atoms with Crippen LogP contribution in [0.3, 0.4) is 0 Å². The predicted octanol–water partition coefficient (Wildman–Crippen LogP) is 2.84. The molecule has 3 unspecified atom stereocenters. The van der Waals surface area contributed by atoms with Gasteiger partial charge in [-0.1, -0.05) is 12.5 Å². The second kappa shape index (κ2) is 5.04. The number of hydrogen-bond acceptors (Lipinski definition) is 3. The van der Waals surface area contributed by atoms with Crippen LogP contribution in [0.1, 0.15) is 31.2 Å². The van der Waals surface area contributed by atoms with Crippen molar-refractivity contribution >= 4 is 5.69 Å². The number of hydrogen-bond donors (Lipinski definition) is 2. The Labute approximate surface area is 115 Å². The molecule has 2 saturated carbocycles. The average molecular weight is 260 g/mol. The molecule has 2 aliphatic rings. The van der Waals surface area contributed by atoms with E-state index in [1.165, 1.54) is 37.8 Å². The number of fused-ring (bicyclic) bond motifs is 2. The van der Waals surface area contributed by atoms with Gasteiger partial charge in [0.1, 0.15) is 5.75 Å². The molecule has 19 heavy (non-hydrogen) atoms. The van der Waals surface area contributed by atoms with Gasteiger partial charge < -0.3 is 15.7 Å². The van der Waals surface area contributed by atoms with E-state index in [1.54, 1.807) is 6.07 Å². The highest BCUT2D eigenvalue weighted by Crippen LogP contribution is 2.48. The van der Waals surface area contributed by atoms with Crippen LogP contribution in [0.4, 0.5) is 5.69 Å². The van der Waals surface area contributed by atoms with Crippen LogP contribution >= 0.6 is 0 Å². The van der Waals surface area contributed by atoms with Crippen LogP contribution in [0.5, 0.6) is 5.75 Å². The van der Waals surface area contributed by atoms with Gasteiger partial charge in [-0.05, 0) is 61.8 Å². The highest BCUT2D eigenvalue weighted by molar-refractivity contribution is 5.53. The quantitative estimate of drug-likeness (QED) is 0.646. The van der Waals surface area contributed by atoms with Crippen molar-refractivity contribution in [1.82, 2.24) is 4.90 Å². The summed E-state index contributed by atoms with van der Waals surface area (Å²) in [4.78, 5) is 2.40. The summed E-state index contributed by atoms with van der Waals surface area (Å²) in [5.41, 5.74) is 7.40. The zero-order chi connectivity index (χ0) is 13.4. The standard InChI is InChI=1S/C16H24N2O/c1-18(9-12-3-5-16(19)15(17)8-12)10-14-7-11-2-4-13(14)6-11/h3,5,8,11,13-14,19H,2,4,6-7,9-10,17H2,1H3. The Hall–Kier alpha value is -1.22. The summed E-state index contributed by atoms with van der Waals surface area (Å²) >= 11 is 0. The summed E-state index contributed by atoms with van der Waals surface area (Å²) in [6.45, 7) is 2.11. The molecule has 0 heterocycles. The van der Waals surface area contributed by atoms with Crippen molar-refractivity contribution < 1.29 is 5.11 Å². The van der Waals surface area contributed by atoms with E-state index in [0.717, 1.165) is 24.3 Å². The Balaban J connectivity index is 1.56. The van der Waals surface area contributed by atoms with Crippen LogP contribution in [-0.2, 0) is 6.54 Å². The van der Waals surface area contributed by atoms with E-state index in [4.69, 9.17) is 5.73 Å². The van der Waals surface area contributed by atoms with E-state index >= 15 is 0 Å². The molecule has 0 spiro atoms. The topological polar surface area (TPSA) is 49.5 Å². The van der Waals surface area contributed by atoms with Gasteiger partial charge in [-0.2, -0.15) is 0 Å². The minimum atomic E-state index is 0.180. The van der Waals surface area contributed by atoms with Gasteiger partial charge in [0.05, 0.1) is 5.69 Å². The number of aromatic hydroxyl groups is 1. The second-order valence-corrected chi connectivity index (χ2v) is 6.52. The van der Waals surface area contributed by atoms with Crippen molar-refractivity contribution in [2.24, 2.45) is 17.8 Å². The number of benzene rings is 1. The Morgan fingerprint density at radius 1 is 1.32 bits per heavy atom. The zero-order valence-electron chi connectivity index (χ0n) is 11.7. The van der Waals surface area contributed by atoms with Crippen molar-refractivity contribution in [3.05, 3.63) is 23.8 Å². The first kappa shape index (κ1) is 12.8. The van der Waals surface area contributed by atoms with Crippen molar-refractivity contribution in [2.45, 2.75) is 32.2 Å². The van der Waals surface area contributed by atoms with Crippen LogP contribution in [0.2, 0.25) is 0 Å². The van der Waals surface area contributed by atoms with E-state index < -0.39 is 0 Å². The van der Waals surface area contributed by atoms with Crippen LogP contribution in [-0.4, -0.2) is 23.6 Å². The summed E-state index contributed by atoms with van der Waals surface area (Å²) in [6, 6.07) is 5.53. The number of rotatable bonds is 4. The number of phenols is 1. The van der Waals surface area contributed by atoms with Gasteiger partial charge in [0.2, 0.25) is 0 Å². The Kier molecular flexibility index (Phi) is 3.40. The van der Waals surface area contributed by atoms with Crippen molar-refractivity contribution in [3.8, 4) is 5.75 Å². The molecule has 2 bridgehead atoms. The predicted molar refractivity (Wildman–Crippen MR) is 77.8 cm³/mol. The maximum Gasteiger partial charge on any atom is 0.138 e. The molecule has 3 heteroatoms. The van der Waals surface area contributed by atoms with Gasteiger partial charge in [0, 0.05) is 13.1 Å². The van der Waals surface area contributed by atoms with Gasteiger partial charge >= 0.3 is 0 Å². The molecular formula is C16H24N2O. The van der Waals surface area contributed by atoms with Gasteiger partial charge in [0.25, 0.3) is 0 Å². The molecule has 2 fully saturated rings. The molecule has 3 N–H and O–H groups in total. The lowest BCUT2D eigenvalue weighted by Crippen LogP contribution is -2.28. The smallest absolute Gasteiger partial charge is 0.138 e. The van der Waals surface area contributed by atoms with E-state index in [9.17, 15) is 5.11 Å². The van der Waals surface area contributed by atoms with Crippen LogP contribution < -0.4 is 5.73 Å². The molecule has 1 aromatic carbocycles. The summed E-state index contributed by atoms with van der Waals surface area (Å²) in [5.74, 6) is 3.09. The molecule has 104 valence electrons. The highest BCUT2D eigenvalue weighted by atomic mass is 16.3. The van der Waals surface area contributed by atoms with Gasteiger partial charge in [0.15, 0.2) is 0 Å². The minimum absolute atomic E-state index is 0.180. The Bertz CT molecular complexity index is 460. The normalized spacial score (nSPS) is 29.3. The molecule has 0 radical (unpaired) electrons. The van der Waals surface area contributed by atoms with Crippen LogP contribution in [0.25, 0.3) is 0 Å². The zero-order valence-corrected chi connectivity index (χ0v) is 11.7. The third-order valence-electron chi connectivity index (χ3n) is 4.98. The summed E-state index contributed by atoms with van der Waals surface area (Å²) in [6.07, 6.45) is 5.84. The van der Waals surface area contributed by atoms with E-state index in [-0.39, 0.29) is 5.75 Å². The van der Waals surface area contributed by atoms with Gasteiger partial charge in [-0.15, -0.1) is 0 Å². The summed E-state index contributed by atoms with van der Waals surface area (Å²) in [7, 11) is 2.19. The molecule has 1 aromatic rings. The molecule has 3 nitrogen and oxygen atoms in total. The second-order valence-electron chi connectivity index (χ2n) is 6.52.